The maximum Gasteiger partial charge on any atom is 0.0576 e. The summed E-state index contributed by atoms with van der Waals surface area (Å²) in [5.74, 6) is 0.765. The van der Waals surface area contributed by atoms with Gasteiger partial charge in [0.15, 0.2) is 0 Å². The van der Waals surface area contributed by atoms with Gasteiger partial charge in [0.05, 0.1) is 12.2 Å². The summed E-state index contributed by atoms with van der Waals surface area (Å²) in [5.41, 5.74) is 0. The number of hydrogen-bond acceptors (Lipinski definition) is 1. The Kier molecular flexibility index (Phi) is 2.12. The van der Waals surface area contributed by atoms with Crippen molar-refractivity contribution in [2.24, 2.45) is 5.92 Å². The van der Waals surface area contributed by atoms with Gasteiger partial charge in [-0.15, -0.1) is 0 Å². The quantitative estimate of drug-likeness (QED) is 0.486. The SMILES string of the molecule is CC1CC[C@H](C)O[C@H]1C. The van der Waals surface area contributed by atoms with Gasteiger partial charge in [0.1, 0.15) is 0 Å². The van der Waals surface area contributed by atoms with Crippen molar-refractivity contribution < 1.29 is 4.74 Å². The van der Waals surface area contributed by atoms with Crippen molar-refractivity contribution in [2.45, 2.75) is 45.8 Å². The highest BCUT2D eigenvalue weighted by molar-refractivity contribution is 4.70. The second kappa shape index (κ2) is 2.70. The van der Waals surface area contributed by atoms with Crippen LogP contribution in [0.25, 0.3) is 0 Å². The van der Waals surface area contributed by atoms with Crippen LogP contribution in [0.2, 0.25) is 0 Å². The Morgan fingerprint density at radius 1 is 1.11 bits per heavy atom. The molecular weight excluding hydrogens is 112 g/mol. The summed E-state index contributed by atoms with van der Waals surface area (Å²) < 4.78 is 5.60. The molecule has 0 N–H and O–H groups in total. The van der Waals surface area contributed by atoms with Gasteiger partial charge < -0.3 is 4.74 Å². The molecule has 0 aliphatic carbocycles. The molecular formula is C8H16O. The van der Waals surface area contributed by atoms with Gasteiger partial charge >= 0.3 is 0 Å². The van der Waals surface area contributed by atoms with Crippen LogP contribution in [-0.4, -0.2) is 12.2 Å². The second-order valence-electron chi connectivity index (χ2n) is 3.21. The molecule has 1 aliphatic heterocycles. The molecule has 9 heavy (non-hydrogen) atoms. The predicted molar refractivity (Wildman–Crippen MR) is 38.4 cm³/mol. The average molecular weight is 128 g/mol. The first-order valence-electron chi connectivity index (χ1n) is 3.85. The van der Waals surface area contributed by atoms with E-state index in [1.807, 2.05) is 0 Å². The van der Waals surface area contributed by atoms with E-state index in [1.54, 1.807) is 0 Å². The topological polar surface area (TPSA) is 9.23 Å². The van der Waals surface area contributed by atoms with Crippen molar-refractivity contribution in [3.8, 4) is 0 Å². The van der Waals surface area contributed by atoms with E-state index in [0.717, 1.165) is 5.92 Å². The molecule has 1 heterocycles. The van der Waals surface area contributed by atoms with Crippen molar-refractivity contribution >= 4 is 0 Å². The van der Waals surface area contributed by atoms with Gasteiger partial charge in [-0.3, -0.25) is 0 Å². The summed E-state index contributed by atoms with van der Waals surface area (Å²) >= 11 is 0. The molecule has 0 amide bonds. The summed E-state index contributed by atoms with van der Waals surface area (Å²) in [4.78, 5) is 0. The Hall–Kier alpha value is -0.0400. The van der Waals surface area contributed by atoms with Gasteiger partial charge in [0.2, 0.25) is 0 Å². The predicted octanol–water partition coefficient (Wildman–Crippen LogP) is 2.21. The third-order valence-electron chi connectivity index (χ3n) is 2.28. The summed E-state index contributed by atoms with van der Waals surface area (Å²) in [7, 11) is 0. The van der Waals surface area contributed by atoms with Gasteiger partial charge in [-0.05, 0) is 32.6 Å². The Bertz CT molecular complexity index is 90.6. The van der Waals surface area contributed by atoms with Crippen molar-refractivity contribution in [3.05, 3.63) is 0 Å². The molecule has 0 spiro atoms. The van der Waals surface area contributed by atoms with E-state index < -0.39 is 0 Å². The number of rotatable bonds is 0. The molecule has 1 rings (SSSR count). The normalized spacial score (nSPS) is 45.0. The molecule has 3 atom stereocenters. The molecule has 0 saturated carbocycles. The van der Waals surface area contributed by atoms with Crippen LogP contribution >= 0.6 is 0 Å². The molecule has 0 radical (unpaired) electrons. The highest BCUT2D eigenvalue weighted by atomic mass is 16.5. The lowest BCUT2D eigenvalue weighted by Crippen LogP contribution is -2.29. The highest BCUT2D eigenvalue weighted by Gasteiger charge is 2.21. The summed E-state index contributed by atoms with van der Waals surface area (Å²) in [5, 5.41) is 0. The van der Waals surface area contributed by atoms with Crippen LogP contribution in [0.5, 0.6) is 0 Å². The van der Waals surface area contributed by atoms with Crippen LogP contribution in [0.1, 0.15) is 33.6 Å². The molecule has 1 aliphatic rings. The zero-order valence-corrected chi connectivity index (χ0v) is 6.55. The van der Waals surface area contributed by atoms with E-state index in [1.165, 1.54) is 12.8 Å². The Morgan fingerprint density at radius 2 is 1.78 bits per heavy atom. The first-order chi connectivity index (χ1) is 4.20. The highest BCUT2D eigenvalue weighted by Crippen LogP contribution is 2.23. The first kappa shape index (κ1) is 7.07. The van der Waals surface area contributed by atoms with Crippen LogP contribution in [0.15, 0.2) is 0 Å². The summed E-state index contributed by atoms with van der Waals surface area (Å²) in [6.07, 6.45) is 3.55. The van der Waals surface area contributed by atoms with Crippen LogP contribution < -0.4 is 0 Å². The molecule has 54 valence electrons. The van der Waals surface area contributed by atoms with Crippen LogP contribution in [0, 0.1) is 5.92 Å². The average Bonchev–Trinajstić information content (AvgIpc) is 1.80. The van der Waals surface area contributed by atoms with E-state index in [9.17, 15) is 0 Å². The smallest absolute Gasteiger partial charge is 0.0576 e. The lowest BCUT2D eigenvalue weighted by atomic mass is 9.95. The van der Waals surface area contributed by atoms with Crippen molar-refractivity contribution in [2.75, 3.05) is 0 Å². The van der Waals surface area contributed by atoms with Crippen molar-refractivity contribution in [1.82, 2.24) is 0 Å². The molecule has 0 aromatic carbocycles. The van der Waals surface area contributed by atoms with Crippen molar-refractivity contribution in [3.63, 3.8) is 0 Å². The summed E-state index contributed by atoms with van der Waals surface area (Å²) in [6.45, 7) is 6.58. The molecule has 0 bridgehead atoms. The van der Waals surface area contributed by atoms with E-state index >= 15 is 0 Å². The minimum Gasteiger partial charge on any atom is -0.375 e. The Morgan fingerprint density at radius 3 is 2.22 bits per heavy atom. The van der Waals surface area contributed by atoms with Gasteiger partial charge in [0.25, 0.3) is 0 Å². The van der Waals surface area contributed by atoms with Gasteiger partial charge in [-0.2, -0.15) is 0 Å². The molecule has 1 heteroatoms. The number of ether oxygens (including phenoxy) is 1. The fraction of sp³-hybridized carbons (Fsp3) is 1.00. The van der Waals surface area contributed by atoms with Crippen LogP contribution in [0.4, 0.5) is 0 Å². The minimum absolute atomic E-state index is 0.480. The van der Waals surface area contributed by atoms with Gasteiger partial charge in [0, 0.05) is 0 Å². The lowest BCUT2D eigenvalue weighted by Gasteiger charge is -2.30. The molecule has 0 aromatic heterocycles. The van der Waals surface area contributed by atoms with Crippen molar-refractivity contribution in [1.29, 1.82) is 0 Å². The minimum atomic E-state index is 0.480. The maximum absolute atomic E-state index is 5.60. The molecule has 1 saturated heterocycles. The molecule has 0 aromatic rings. The molecule has 1 unspecified atom stereocenters. The zero-order chi connectivity index (χ0) is 6.85. The summed E-state index contributed by atoms with van der Waals surface area (Å²) in [6, 6.07) is 0. The third-order valence-corrected chi connectivity index (χ3v) is 2.28. The first-order valence-corrected chi connectivity index (χ1v) is 3.85. The number of hydrogen-bond donors (Lipinski definition) is 0. The maximum atomic E-state index is 5.60. The van der Waals surface area contributed by atoms with Crippen LogP contribution in [-0.2, 0) is 4.74 Å². The Balaban J connectivity index is 2.35. The third kappa shape index (κ3) is 1.68. The largest absolute Gasteiger partial charge is 0.375 e. The second-order valence-corrected chi connectivity index (χ2v) is 3.21. The fourth-order valence-electron chi connectivity index (χ4n) is 1.30. The lowest BCUT2D eigenvalue weighted by molar-refractivity contribution is -0.0594. The van der Waals surface area contributed by atoms with Gasteiger partial charge in [-0.1, -0.05) is 6.92 Å². The van der Waals surface area contributed by atoms with Gasteiger partial charge in [-0.25, -0.2) is 0 Å². The monoisotopic (exact) mass is 128 g/mol. The Labute approximate surface area is 57.4 Å². The van der Waals surface area contributed by atoms with E-state index in [-0.39, 0.29) is 0 Å². The molecule has 1 fully saturated rings. The van der Waals surface area contributed by atoms with E-state index in [0.29, 0.717) is 12.2 Å². The fourth-order valence-corrected chi connectivity index (χ4v) is 1.30. The van der Waals surface area contributed by atoms with E-state index in [4.69, 9.17) is 4.74 Å². The standard InChI is InChI=1S/C8H16O/c1-6-4-5-7(2)9-8(6)3/h6-8H,4-5H2,1-3H3/t6?,7-,8-/m0/s1. The van der Waals surface area contributed by atoms with Crippen LogP contribution in [0.3, 0.4) is 0 Å². The van der Waals surface area contributed by atoms with E-state index in [2.05, 4.69) is 20.8 Å². The molecule has 1 nitrogen and oxygen atoms in total. The zero-order valence-electron chi connectivity index (χ0n) is 6.55.